The summed E-state index contributed by atoms with van der Waals surface area (Å²) in [6, 6.07) is 14.6. The Morgan fingerprint density at radius 3 is 2.85 bits per heavy atom. The van der Waals surface area contributed by atoms with Crippen molar-refractivity contribution < 1.29 is 13.9 Å². The van der Waals surface area contributed by atoms with Crippen molar-refractivity contribution in [3.05, 3.63) is 88.9 Å². The highest BCUT2D eigenvalue weighted by atomic mass is 79.9. The fraction of sp³-hybridized carbons (Fsp3) is 0.100. The molecule has 0 fully saturated rings. The van der Waals surface area contributed by atoms with Gasteiger partial charge in [-0.1, -0.05) is 24.3 Å². The van der Waals surface area contributed by atoms with E-state index >= 15 is 0 Å². The number of carbonyl (C=O) groups excluding carboxylic acids is 1. The first-order valence-corrected chi connectivity index (χ1v) is 8.78. The van der Waals surface area contributed by atoms with Crippen LogP contribution in [0.2, 0.25) is 0 Å². The molecule has 0 radical (unpaired) electrons. The second kappa shape index (κ2) is 8.49. The standard InChI is InChI=1S/C20H17BrN2O3/c1-2-5-14-6-3-4-7-17(14)25-13-16-9-10-18(26-16)20(24)23-19-11-8-15(21)12-22-19/h2-4,6-12H,1,5,13H2,(H,22,23,24). The number of nitrogens with one attached hydrogen (secondary N) is 1. The van der Waals surface area contributed by atoms with E-state index in [4.69, 9.17) is 9.15 Å². The lowest BCUT2D eigenvalue weighted by Gasteiger charge is -2.08. The number of halogens is 1. The smallest absolute Gasteiger partial charge is 0.292 e. The predicted molar refractivity (Wildman–Crippen MR) is 103 cm³/mol. The molecule has 1 amide bonds. The molecule has 132 valence electrons. The molecule has 0 aliphatic heterocycles. The van der Waals surface area contributed by atoms with E-state index in [9.17, 15) is 4.79 Å². The highest BCUT2D eigenvalue weighted by molar-refractivity contribution is 9.10. The van der Waals surface area contributed by atoms with Gasteiger partial charge in [0.05, 0.1) is 0 Å². The molecule has 0 atom stereocenters. The number of furan rings is 1. The van der Waals surface area contributed by atoms with Crippen LogP contribution in [0, 0.1) is 0 Å². The zero-order chi connectivity index (χ0) is 18.4. The van der Waals surface area contributed by atoms with Gasteiger partial charge in [0.25, 0.3) is 5.91 Å². The summed E-state index contributed by atoms with van der Waals surface area (Å²) in [6.45, 7) is 3.99. The van der Waals surface area contributed by atoms with Crippen LogP contribution < -0.4 is 10.1 Å². The third-order valence-corrected chi connectivity index (χ3v) is 4.03. The van der Waals surface area contributed by atoms with Crippen LogP contribution in [-0.2, 0) is 13.0 Å². The number of hydrogen-bond acceptors (Lipinski definition) is 4. The van der Waals surface area contributed by atoms with Gasteiger partial charge in [-0.3, -0.25) is 4.79 Å². The maximum Gasteiger partial charge on any atom is 0.292 e. The Morgan fingerprint density at radius 2 is 2.08 bits per heavy atom. The van der Waals surface area contributed by atoms with E-state index < -0.39 is 0 Å². The van der Waals surface area contributed by atoms with Gasteiger partial charge in [0, 0.05) is 10.7 Å². The van der Waals surface area contributed by atoms with Gasteiger partial charge in [0.1, 0.15) is 23.9 Å². The second-order valence-corrected chi connectivity index (χ2v) is 6.39. The van der Waals surface area contributed by atoms with E-state index in [1.165, 1.54) is 0 Å². The quantitative estimate of drug-likeness (QED) is 0.554. The van der Waals surface area contributed by atoms with Crippen molar-refractivity contribution >= 4 is 27.7 Å². The van der Waals surface area contributed by atoms with Gasteiger partial charge < -0.3 is 14.5 Å². The molecule has 0 unspecified atom stereocenters. The van der Waals surface area contributed by atoms with Gasteiger partial charge in [-0.2, -0.15) is 0 Å². The predicted octanol–water partition coefficient (Wildman–Crippen LogP) is 5.00. The molecule has 2 aromatic heterocycles. The molecule has 3 rings (SSSR count). The Bertz CT molecular complexity index is 903. The Kier molecular flexibility index (Phi) is 5.86. The van der Waals surface area contributed by atoms with Crippen LogP contribution in [0.15, 0.2) is 76.3 Å². The van der Waals surface area contributed by atoms with Crippen molar-refractivity contribution in [3.63, 3.8) is 0 Å². The van der Waals surface area contributed by atoms with Crippen molar-refractivity contribution in [2.24, 2.45) is 0 Å². The van der Waals surface area contributed by atoms with Gasteiger partial charge >= 0.3 is 0 Å². The number of anilines is 1. The minimum absolute atomic E-state index is 0.202. The number of para-hydroxylation sites is 1. The normalized spacial score (nSPS) is 10.3. The Labute approximate surface area is 159 Å². The summed E-state index contributed by atoms with van der Waals surface area (Å²) in [6.07, 6.45) is 4.16. The third kappa shape index (κ3) is 4.61. The lowest BCUT2D eigenvalue weighted by Crippen LogP contribution is -2.11. The topological polar surface area (TPSA) is 64.4 Å². The SMILES string of the molecule is C=CCc1ccccc1OCc1ccc(C(=O)Nc2ccc(Br)cn2)o1. The van der Waals surface area contributed by atoms with E-state index in [0.29, 0.717) is 11.6 Å². The minimum atomic E-state index is -0.363. The first kappa shape index (κ1) is 17.9. The van der Waals surface area contributed by atoms with Crippen LogP contribution in [0.1, 0.15) is 21.9 Å². The minimum Gasteiger partial charge on any atom is -0.485 e. The molecule has 6 heteroatoms. The molecule has 3 aromatic rings. The Hall–Kier alpha value is -2.86. The fourth-order valence-electron chi connectivity index (χ4n) is 2.32. The lowest BCUT2D eigenvalue weighted by molar-refractivity contribution is 0.0992. The molecule has 26 heavy (non-hydrogen) atoms. The first-order valence-electron chi connectivity index (χ1n) is 7.99. The number of ether oxygens (including phenoxy) is 1. The second-order valence-electron chi connectivity index (χ2n) is 5.47. The first-order chi connectivity index (χ1) is 12.7. The summed E-state index contributed by atoms with van der Waals surface area (Å²) in [7, 11) is 0. The largest absolute Gasteiger partial charge is 0.485 e. The van der Waals surface area contributed by atoms with E-state index in [2.05, 4.69) is 32.8 Å². The molecular weight excluding hydrogens is 396 g/mol. The van der Waals surface area contributed by atoms with Crippen molar-refractivity contribution in [1.82, 2.24) is 4.98 Å². The lowest BCUT2D eigenvalue weighted by atomic mass is 10.1. The van der Waals surface area contributed by atoms with Crippen molar-refractivity contribution in [1.29, 1.82) is 0 Å². The average Bonchev–Trinajstić information content (AvgIpc) is 3.12. The number of aromatic nitrogens is 1. The Balaban J connectivity index is 1.62. The number of pyridine rings is 1. The number of allylic oxidation sites excluding steroid dienone is 1. The number of benzene rings is 1. The van der Waals surface area contributed by atoms with Gasteiger partial charge in [0.15, 0.2) is 5.76 Å². The molecular formula is C20H17BrN2O3. The number of rotatable bonds is 7. The highest BCUT2D eigenvalue weighted by Crippen LogP contribution is 2.21. The highest BCUT2D eigenvalue weighted by Gasteiger charge is 2.13. The van der Waals surface area contributed by atoms with Gasteiger partial charge in [-0.15, -0.1) is 6.58 Å². The fourth-order valence-corrected chi connectivity index (χ4v) is 2.56. The van der Waals surface area contributed by atoms with E-state index in [1.807, 2.05) is 30.3 Å². The van der Waals surface area contributed by atoms with Crippen molar-refractivity contribution in [2.45, 2.75) is 13.0 Å². The van der Waals surface area contributed by atoms with Crippen molar-refractivity contribution in [3.8, 4) is 5.75 Å². The summed E-state index contributed by atoms with van der Waals surface area (Å²) in [5.74, 6) is 1.62. The van der Waals surface area contributed by atoms with Crippen LogP contribution in [-0.4, -0.2) is 10.9 Å². The van der Waals surface area contributed by atoms with E-state index in [0.717, 1.165) is 22.2 Å². The molecule has 1 N–H and O–H groups in total. The van der Waals surface area contributed by atoms with Gasteiger partial charge in [-0.25, -0.2) is 4.98 Å². The van der Waals surface area contributed by atoms with Gasteiger partial charge in [0.2, 0.25) is 0 Å². The molecule has 0 saturated heterocycles. The Morgan fingerprint density at radius 1 is 1.23 bits per heavy atom. The molecule has 2 heterocycles. The van der Waals surface area contributed by atoms with Crippen LogP contribution in [0.4, 0.5) is 5.82 Å². The van der Waals surface area contributed by atoms with E-state index in [-0.39, 0.29) is 18.3 Å². The number of carbonyl (C=O) groups is 1. The molecule has 0 aliphatic rings. The monoisotopic (exact) mass is 412 g/mol. The van der Waals surface area contributed by atoms with Crippen LogP contribution in [0.25, 0.3) is 0 Å². The zero-order valence-corrected chi connectivity index (χ0v) is 15.5. The molecule has 0 bridgehead atoms. The molecule has 0 aliphatic carbocycles. The van der Waals surface area contributed by atoms with Crippen LogP contribution in [0.5, 0.6) is 5.75 Å². The van der Waals surface area contributed by atoms with Gasteiger partial charge in [-0.05, 0) is 58.2 Å². The van der Waals surface area contributed by atoms with Crippen LogP contribution in [0.3, 0.4) is 0 Å². The van der Waals surface area contributed by atoms with Crippen LogP contribution >= 0.6 is 15.9 Å². The molecule has 0 spiro atoms. The summed E-state index contributed by atoms with van der Waals surface area (Å²) in [5.41, 5.74) is 1.05. The summed E-state index contributed by atoms with van der Waals surface area (Å²) in [4.78, 5) is 16.3. The maximum absolute atomic E-state index is 12.2. The van der Waals surface area contributed by atoms with E-state index in [1.54, 1.807) is 30.5 Å². The van der Waals surface area contributed by atoms with Crippen molar-refractivity contribution in [2.75, 3.05) is 5.32 Å². The average molecular weight is 413 g/mol. The molecule has 0 saturated carbocycles. The molecule has 1 aromatic carbocycles. The maximum atomic E-state index is 12.2. The number of nitrogens with zero attached hydrogens (tertiary/aromatic N) is 1. The summed E-state index contributed by atoms with van der Waals surface area (Å²) in [5, 5.41) is 2.68. The summed E-state index contributed by atoms with van der Waals surface area (Å²) < 4.78 is 12.2. The number of hydrogen-bond donors (Lipinski definition) is 1. The zero-order valence-electron chi connectivity index (χ0n) is 13.9. The number of amides is 1. The summed E-state index contributed by atoms with van der Waals surface area (Å²) >= 11 is 3.30. The third-order valence-electron chi connectivity index (χ3n) is 3.56. The molecule has 5 nitrogen and oxygen atoms in total.